The van der Waals surface area contributed by atoms with Gasteiger partial charge in [0.05, 0.1) is 21.0 Å². The maximum Gasteiger partial charge on any atom is 0.130 e. The van der Waals surface area contributed by atoms with Gasteiger partial charge in [-0.25, -0.2) is 4.98 Å². The molecule has 6 aromatic rings. The molecule has 0 amide bonds. The zero-order valence-electron chi connectivity index (χ0n) is 25.3. The second-order valence-corrected chi connectivity index (χ2v) is 13.3. The topological polar surface area (TPSA) is 17.8 Å². The fraction of sp³-hybridized carbons (Fsp3) is 0.103. The highest BCUT2D eigenvalue weighted by molar-refractivity contribution is 6.57. The Morgan fingerprint density at radius 1 is 0.674 bits per heavy atom. The van der Waals surface area contributed by atoms with Gasteiger partial charge in [-0.15, -0.1) is 5.98 Å². The van der Waals surface area contributed by atoms with Gasteiger partial charge in [-0.2, -0.15) is 0 Å². The predicted molar refractivity (Wildman–Crippen MR) is 189 cm³/mol. The van der Waals surface area contributed by atoms with Crippen LogP contribution in [0.5, 0.6) is 0 Å². The first-order valence-electron chi connectivity index (χ1n) is 15.1. The largest absolute Gasteiger partial charge is 0.326 e. The van der Waals surface area contributed by atoms with E-state index in [0.29, 0.717) is 5.92 Å². The van der Waals surface area contributed by atoms with Crippen LogP contribution in [0.4, 0.5) is 0 Å². The SMILES string of the molecule is BC=C(c1ccccc1)c1ccccc1.CC(C)c1ccc([SiH2]C(c2ccccc2)(c2ccccc2)n2ccnc2)cc1. The normalized spacial score (nSPS) is 11.2. The van der Waals surface area contributed by atoms with Gasteiger partial charge < -0.3 is 4.57 Å². The highest BCUT2D eigenvalue weighted by Gasteiger charge is 2.36. The third kappa shape index (κ3) is 7.05. The Bertz CT molecular complexity index is 1600. The van der Waals surface area contributed by atoms with Crippen molar-refractivity contribution in [2.45, 2.75) is 24.9 Å². The van der Waals surface area contributed by atoms with Gasteiger partial charge in [0.2, 0.25) is 0 Å². The van der Waals surface area contributed by atoms with Crippen molar-refractivity contribution in [3.8, 4) is 0 Å². The Morgan fingerprint density at radius 2 is 1.14 bits per heavy atom. The lowest BCUT2D eigenvalue weighted by Crippen LogP contribution is -2.46. The molecule has 0 aliphatic carbocycles. The maximum atomic E-state index is 4.40. The highest BCUT2D eigenvalue weighted by Crippen LogP contribution is 2.33. The van der Waals surface area contributed by atoms with E-state index in [0.717, 1.165) is 0 Å². The molecular formula is C39H39BN2Si. The van der Waals surface area contributed by atoms with Crippen LogP contribution in [0.1, 0.15) is 47.6 Å². The molecule has 0 spiro atoms. The number of benzene rings is 5. The van der Waals surface area contributed by atoms with E-state index in [1.54, 1.807) is 0 Å². The van der Waals surface area contributed by atoms with Crippen molar-refractivity contribution >= 4 is 28.1 Å². The number of nitrogens with zero attached hydrogens (tertiary/aromatic N) is 2. The second-order valence-electron chi connectivity index (χ2n) is 11.1. The lowest BCUT2D eigenvalue weighted by atomic mass is 9.92. The van der Waals surface area contributed by atoms with Crippen molar-refractivity contribution in [1.29, 1.82) is 0 Å². The van der Waals surface area contributed by atoms with Gasteiger partial charge in [0.15, 0.2) is 0 Å². The third-order valence-electron chi connectivity index (χ3n) is 8.01. The summed E-state index contributed by atoms with van der Waals surface area (Å²) in [6.07, 6.45) is 5.96. The summed E-state index contributed by atoms with van der Waals surface area (Å²) in [5.74, 6) is 2.71. The summed E-state index contributed by atoms with van der Waals surface area (Å²) in [5, 5.41) is 1.24. The summed E-state index contributed by atoms with van der Waals surface area (Å²) in [5.41, 5.74) is 7.86. The van der Waals surface area contributed by atoms with Crippen molar-refractivity contribution in [2.75, 3.05) is 0 Å². The van der Waals surface area contributed by atoms with Crippen molar-refractivity contribution in [3.05, 3.63) is 198 Å². The van der Waals surface area contributed by atoms with Gasteiger partial charge in [0, 0.05) is 12.4 Å². The van der Waals surface area contributed by atoms with Crippen molar-refractivity contribution < 1.29 is 0 Å². The molecule has 0 saturated heterocycles. The zero-order chi connectivity index (χ0) is 29.9. The highest BCUT2D eigenvalue weighted by atomic mass is 28.2. The first kappa shape index (κ1) is 29.8. The van der Waals surface area contributed by atoms with E-state index in [1.165, 1.54) is 38.6 Å². The van der Waals surface area contributed by atoms with Crippen molar-refractivity contribution in [3.63, 3.8) is 0 Å². The monoisotopic (exact) mass is 574 g/mol. The molecule has 0 unspecified atom stereocenters. The maximum absolute atomic E-state index is 4.40. The lowest BCUT2D eigenvalue weighted by molar-refractivity contribution is 0.596. The molecule has 0 atom stereocenters. The standard InChI is InChI=1S/C25H26N2Si.C14H13B/c1-20(2)21-13-15-24(16-14-21)28-25(27-18-17-26-19-27,22-9-5-3-6-10-22)23-11-7-4-8-12-23;15-11-14(12-7-3-1-4-8-12)13-9-5-2-6-10-13/h3-20H,28H2,1-2H3;1-11H,15H2. The molecule has 0 saturated carbocycles. The van der Waals surface area contributed by atoms with Gasteiger partial charge in [-0.3, -0.25) is 0 Å². The summed E-state index contributed by atoms with van der Waals surface area (Å²) >= 11 is 0. The Kier molecular flexibility index (Phi) is 10.0. The minimum atomic E-state index is -0.787. The zero-order valence-corrected chi connectivity index (χ0v) is 26.8. The molecule has 1 heterocycles. The Balaban J connectivity index is 0.000000207. The molecule has 212 valence electrons. The fourth-order valence-electron chi connectivity index (χ4n) is 5.72. The Morgan fingerprint density at radius 3 is 1.53 bits per heavy atom. The molecule has 0 aliphatic rings. The summed E-state index contributed by atoms with van der Waals surface area (Å²) < 4.78 is 2.31. The van der Waals surface area contributed by atoms with Gasteiger partial charge >= 0.3 is 0 Å². The van der Waals surface area contributed by atoms with E-state index in [4.69, 9.17) is 0 Å². The molecule has 6 rings (SSSR count). The minimum absolute atomic E-state index is 0.210. The number of hydrogen-bond donors (Lipinski definition) is 0. The van der Waals surface area contributed by atoms with Crippen LogP contribution in [0, 0.1) is 0 Å². The number of imidazole rings is 1. The predicted octanol–water partition coefficient (Wildman–Crippen LogP) is 6.96. The summed E-state index contributed by atoms with van der Waals surface area (Å²) in [6, 6.07) is 51.9. The molecule has 0 bridgehead atoms. The molecule has 0 aliphatic heterocycles. The van der Waals surface area contributed by atoms with E-state index in [-0.39, 0.29) is 5.16 Å². The summed E-state index contributed by atoms with van der Waals surface area (Å²) in [4.78, 5) is 4.40. The third-order valence-corrected chi connectivity index (χ3v) is 10.6. The first-order valence-corrected chi connectivity index (χ1v) is 16.5. The molecule has 5 aromatic carbocycles. The smallest absolute Gasteiger partial charge is 0.130 e. The van der Waals surface area contributed by atoms with Crippen LogP contribution in [0.2, 0.25) is 0 Å². The van der Waals surface area contributed by atoms with Gasteiger partial charge in [0.25, 0.3) is 0 Å². The van der Waals surface area contributed by atoms with Gasteiger partial charge in [-0.05, 0) is 39.3 Å². The minimum Gasteiger partial charge on any atom is -0.326 e. The lowest BCUT2D eigenvalue weighted by Gasteiger charge is -2.37. The van der Waals surface area contributed by atoms with E-state index >= 15 is 0 Å². The molecule has 4 heteroatoms. The van der Waals surface area contributed by atoms with E-state index < -0.39 is 9.52 Å². The Labute approximate surface area is 260 Å². The Hall–Kier alpha value is -4.67. The molecule has 0 radical (unpaired) electrons. The van der Waals surface area contributed by atoms with Gasteiger partial charge in [-0.1, -0.05) is 165 Å². The van der Waals surface area contributed by atoms with Crippen LogP contribution in [0.3, 0.4) is 0 Å². The molecule has 43 heavy (non-hydrogen) atoms. The molecule has 0 fully saturated rings. The fourth-order valence-corrected chi connectivity index (χ4v) is 8.04. The summed E-state index contributed by atoms with van der Waals surface area (Å²) in [7, 11) is 1.29. The molecular weight excluding hydrogens is 535 g/mol. The summed E-state index contributed by atoms with van der Waals surface area (Å²) in [6.45, 7) is 4.49. The van der Waals surface area contributed by atoms with Gasteiger partial charge in [0.1, 0.15) is 7.85 Å². The molecule has 2 nitrogen and oxygen atoms in total. The number of rotatable bonds is 8. The number of aromatic nitrogens is 2. The average Bonchev–Trinajstić information content (AvgIpc) is 3.62. The van der Waals surface area contributed by atoms with Crippen LogP contribution in [0.15, 0.2) is 170 Å². The van der Waals surface area contributed by atoms with Crippen LogP contribution in [0.25, 0.3) is 5.57 Å². The average molecular weight is 575 g/mol. The quantitative estimate of drug-likeness (QED) is 0.180. The van der Waals surface area contributed by atoms with Crippen LogP contribution >= 0.6 is 0 Å². The van der Waals surface area contributed by atoms with Crippen LogP contribution < -0.4 is 5.19 Å². The molecule has 1 aromatic heterocycles. The van der Waals surface area contributed by atoms with Crippen LogP contribution in [-0.4, -0.2) is 26.9 Å². The molecule has 0 N–H and O–H groups in total. The van der Waals surface area contributed by atoms with E-state index in [9.17, 15) is 0 Å². The van der Waals surface area contributed by atoms with Crippen LogP contribution in [-0.2, 0) is 5.16 Å². The first-order chi connectivity index (χ1) is 21.1. The van der Waals surface area contributed by atoms with E-state index in [2.05, 4.69) is 177 Å². The van der Waals surface area contributed by atoms with E-state index in [1.807, 2.05) is 24.7 Å². The number of hydrogen-bond acceptors (Lipinski definition) is 1. The second kappa shape index (κ2) is 14.5. The van der Waals surface area contributed by atoms with Crippen molar-refractivity contribution in [1.82, 2.24) is 9.55 Å². The van der Waals surface area contributed by atoms with Crippen molar-refractivity contribution in [2.24, 2.45) is 0 Å².